The highest BCUT2D eigenvalue weighted by Gasteiger charge is 2.03. The van der Waals surface area contributed by atoms with Gasteiger partial charge in [0, 0.05) is 18.1 Å². The maximum absolute atomic E-state index is 11.8. The van der Waals surface area contributed by atoms with Gasteiger partial charge < -0.3 is 5.32 Å². The van der Waals surface area contributed by atoms with Crippen LogP contribution in [0.5, 0.6) is 0 Å². The van der Waals surface area contributed by atoms with E-state index in [0.29, 0.717) is 6.42 Å². The quantitative estimate of drug-likeness (QED) is 0.874. The molecule has 0 saturated heterocycles. The summed E-state index contributed by atoms with van der Waals surface area (Å²) in [6.45, 7) is 2.00. The van der Waals surface area contributed by atoms with Crippen LogP contribution in [0, 0.1) is 6.92 Å². The Morgan fingerprint density at radius 3 is 2.71 bits per heavy atom. The topological polar surface area (TPSA) is 42.0 Å². The number of amides is 1. The Morgan fingerprint density at radius 1 is 1.24 bits per heavy atom. The molecule has 0 fully saturated rings. The lowest BCUT2D eigenvalue weighted by atomic mass is 10.2. The fourth-order valence-electron chi connectivity index (χ4n) is 1.61. The lowest BCUT2D eigenvalue weighted by molar-refractivity contribution is -0.115. The minimum atomic E-state index is -0.0122. The number of nitrogens with zero attached hydrogens (tertiary/aromatic N) is 1. The summed E-state index contributed by atoms with van der Waals surface area (Å²) in [7, 11) is 0. The lowest BCUT2D eigenvalue weighted by Gasteiger charge is -2.05. The molecule has 0 spiro atoms. The molecule has 0 unspecified atom stereocenters. The molecule has 17 heavy (non-hydrogen) atoms. The first-order chi connectivity index (χ1) is 8.24. The fraction of sp³-hybridized carbons (Fsp3) is 0.143. The first kappa shape index (κ1) is 11.3. The van der Waals surface area contributed by atoms with Gasteiger partial charge in [0.2, 0.25) is 5.91 Å². The maximum Gasteiger partial charge on any atom is 0.228 e. The predicted molar refractivity (Wildman–Crippen MR) is 67.7 cm³/mol. The molecule has 1 heterocycles. The summed E-state index contributed by atoms with van der Waals surface area (Å²) in [5, 5.41) is 2.87. The molecule has 1 amide bonds. The van der Waals surface area contributed by atoms with Crippen LogP contribution in [-0.2, 0) is 11.2 Å². The van der Waals surface area contributed by atoms with E-state index in [1.165, 1.54) is 0 Å². The number of carbonyl (C=O) groups excluding carboxylic acids is 1. The van der Waals surface area contributed by atoms with Crippen molar-refractivity contribution in [3.05, 3.63) is 59.9 Å². The lowest BCUT2D eigenvalue weighted by Crippen LogP contribution is -2.14. The number of rotatable bonds is 3. The van der Waals surface area contributed by atoms with E-state index in [1.54, 1.807) is 12.4 Å². The molecule has 2 aromatic rings. The van der Waals surface area contributed by atoms with Crippen molar-refractivity contribution in [3.63, 3.8) is 0 Å². The van der Waals surface area contributed by atoms with E-state index >= 15 is 0 Å². The van der Waals surface area contributed by atoms with Gasteiger partial charge in [0.1, 0.15) is 0 Å². The van der Waals surface area contributed by atoms with E-state index in [-0.39, 0.29) is 5.91 Å². The van der Waals surface area contributed by atoms with E-state index in [0.717, 1.165) is 16.8 Å². The summed E-state index contributed by atoms with van der Waals surface area (Å²) in [4.78, 5) is 15.7. The highest BCUT2D eigenvalue weighted by Crippen LogP contribution is 2.10. The Bertz CT molecular complexity index is 509. The van der Waals surface area contributed by atoms with Crippen molar-refractivity contribution in [2.24, 2.45) is 0 Å². The van der Waals surface area contributed by atoms with Crippen molar-refractivity contribution in [1.82, 2.24) is 4.98 Å². The van der Waals surface area contributed by atoms with Gasteiger partial charge in [0.15, 0.2) is 0 Å². The number of nitrogens with one attached hydrogen (secondary N) is 1. The largest absolute Gasteiger partial charge is 0.326 e. The van der Waals surface area contributed by atoms with Crippen molar-refractivity contribution in [2.75, 3.05) is 5.32 Å². The number of aryl methyl sites for hydroxylation is 1. The summed E-state index contributed by atoms with van der Waals surface area (Å²) < 4.78 is 0. The predicted octanol–water partition coefficient (Wildman–Crippen LogP) is 2.57. The Kier molecular flexibility index (Phi) is 3.50. The molecular weight excluding hydrogens is 212 g/mol. The molecule has 2 rings (SSSR count). The normalized spacial score (nSPS) is 9.94. The van der Waals surface area contributed by atoms with Gasteiger partial charge in [-0.3, -0.25) is 9.78 Å². The summed E-state index contributed by atoms with van der Waals surface area (Å²) in [5.74, 6) is -0.0122. The number of pyridine rings is 1. The maximum atomic E-state index is 11.8. The van der Waals surface area contributed by atoms with Crippen LogP contribution in [-0.4, -0.2) is 10.9 Å². The second-order valence-corrected chi connectivity index (χ2v) is 3.95. The van der Waals surface area contributed by atoms with Crippen LogP contribution < -0.4 is 5.32 Å². The Labute approximate surface area is 101 Å². The van der Waals surface area contributed by atoms with Crippen LogP contribution in [0.4, 0.5) is 5.69 Å². The zero-order valence-corrected chi connectivity index (χ0v) is 9.68. The average molecular weight is 226 g/mol. The second-order valence-electron chi connectivity index (χ2n) is 3.95. The van der Waals surface area contributed by atoms with E-state index in [9.17, 15) is 4.79 Å². The van der Waals surface area contributed by atoms with Gasteiger partial charge in [-0.05, 0) is 42.3 Å². The van der Waals surface area contributed by atoms with Crippen LogP contribution in [0.2, 0.25) is 0 Å². The molecule has 0 bridgehead atoms. The average Bonchev–Trinajstić information content (AvgIpc) is 2.30. The van der Waals surface area contributed by atoms with Crippen molar-refractivity contribution < 1.29 is 4.79 Å². The highest BCUT2D eigenvalue weighted by atomic mass is 16.1. The Morgan fingerprint density at radius 2 is 2.00 bits per heavy atom. The van der Waals surface area contributed by atoms with E-state index in [4.69, 9.17) is 0 Å². The molecule has 0 aliphatic carbocycles. The third kappa shape index (κ3) is 3.41. The molecule has 0 aliphatic heterocycles. The van der Waals surface area contributed by atoms with Gasteiger partial charge in [0.05, 0.1) is 6.42 Å². The minimum absolute atomic E-state index is 0.0122. The third-order valence-electron chi connectivity index (χ3n) is 2.42. The fourth-order valence-corrected chi connectivity index (χ4v) is 1.61. The molecule has 0 saturated carbocycles. The van der Waals surface area contributed by atoms with E-state index in [1.807, 2.05) is 43.3 Å². The van der Waals surface area contributed by atoms with Crippen molar-refractivity contribution >= 4 is 11.6 Å². The smallest absolute Gasteiger partial charge is 0.228 e. The molecule has 86 valence electrons. The first-order valence-corrected chi connectivity index (χ1v) is 5.49. The first-order valence-electron chi connectivity index (χ1n) is 5.49. The van der Waals surface area contributed by atoms with Gasteiger partial charge in [-0.25, -0.2) is 0 Å². The number of hydrogen-bond donors (Lipinski definition) is 1. The molecule has 3 heteroatoms. The second kappa shape index (κ2) is 5.25. The van der Waals surface area contributed by atoms with Gasteiger partial charge in [0.25, 0.3) is 0 Å². The summed E-state index contributed by atoms with van der Waals surface area (Å²) in [6, 6.07) is 11.4. The molecular formula is C14H14N2O. The molecule has 3 nitrogen and oxygen atoms in total. The molecule has 0 aliphatic rings. The van der Waals surface area contributed by atoms with Crippen LogP contribution in [0.25, 0.3) is 0 Å². The standard InChI is InChI=1S/C14H14N2O/c1-11-3-2-4-13(9-11)16-14(17)10-12-5-7-15-8-6-12/h2-9H,10H2,1H3,(H,16,17). The monoisotopic (exact) mass is 226 g/mol. The van der Waals surface area contributed by atoms with E-state index in [2.05, 4.69) is 10.3 Å². The summed E-state index contributed by atoms with van der Waals surface area (Å²) >= 11 is 0. The van der Waals surface area contributed by atoms with Crippen LogP contribution in [0.1, 0.15) is 11.1 Å². The zero-order valence-electron chi connectivity index (χ0n) is 9.68. The van der Waals surface area contributed by atoms with Gasteiger partial charge in [-0.15, -0.1) is 0 Å². The van der Waals surface area contributed by atoms with Gasteiger partial charge in [-0.2, -0.15) is 0 Å². The zero-order chi connectivity index (χ0) is 12.1. The third-order valence-corrected chi connectivity index (χ3v) is 2.42. The molecule has 1 aromatic carbocycles. The van der Waals surface area contributed by atoms with Crippen molar-refractivity contribution in [3.8, 4) is 0 Å². The summed E-state index contributed by atoms with van der Waals surface area (Å²) in [5.41, 5.74) is 2.93. The number of benzene rings is 1. The van der Waals surface area contributed by atoms with Crippen LogP contribution in [0.15, 0.2) is 48.8 Å². The Balaban J connectivity index is 1.98. The van der Waals surface area contributed by atoms with Gasteiger partial charge in [-0.1, -0.05) is 12.1 Å². The number of aromatic nitrogens is 1. The van der Waals surface area contributed by atoms with Crippen LogP contribution >= 0.6 is 0 Å². The number of carbonyl (C=O) groups is 1. The van der Waals surface area contributed by atoms with Gasteiger partial charge >= 0.3 is 0 Å². The van der Waals surface area contributed by atoms with E-state index < -0.39 is 0 Å². The van der Waals surface area contributed by atoms with Crippen LogP contribution in [0.3, 0.4) is 0 Å². The van der Waals surface area contributed by atoms with Crippen molar-refractivity contribution in [1.29, 1.82) is 0 Å². The highest BCUT2D eigenvalue weighted by molar-refractivity contribution is 5.92. The summed E-state index contributed by atoms with van der Waals surface area (Å²) in [6.07, 6.45) is 3.75. The Hall–Kier alpha value is -2.16. The van der Waals surface area contributed by atoms with Crippen molar-refractivity contribution in [2.45, 2.75) is 13.3 Å². The molecule has 0 atom stereocenters. The molecule has 0 radical (unpaired) electrons. The molecule has 1 aromatic heterocycles. The SMILES string of the molecule is Cc1cccc(NC(=O)Cc2ccncc2)c1. The number of hydrogen-bond acceptors (Lipinski definition) is 2. The molecule has 1 N–H and O–H groups in total. The number of anilines is 1. The minimum Gasteiger partial charge on any atom is -0.326 e.